The summed E-state index contributed by atoms with van der Waals surface area (Å²) in [6.45, 7) is 5.88. The molecule has 0 saturated carbocycles. The molecule has 1 aliphatic heterocycles. The molecule has 58 valence electrons. The fourth-order valence-corrected chi connectivity index (χ4v) is 1.82. The predicted octanol–water partition coefficient (Wildman–Crippen LogP) is 1.41. The van der Waals surface area contributed by atoms with Crippen molar-refractivity contribution in [2.75, 3.05) is 0 Å². The Morgan fingerprint density at radius 3 is 1.90 bits per heavy atom. The van der Waals surface area contributed by atoms with E-state index in [4.69, 9.17) is 0 Å². The largest absolute Gasteiger partial charge is 0.338 e. The third-order valence-corrected chi connectivity index (χ3v) is 2.32. The average Bonchev–Trinajstić information content (AvgIpc) is 2.11. The lowest BCUT2D eigenvalue weighted by Crippen LogP contribution is -2.36. The van der Waals surface area contributed by atoms with Crippen LogP contribution < -0.4 is 0 Å². The van der Waals surface area contributed by atoms with Gasteiger partial charge in [0.15, 0.2) is 0 Å². The molecule has 0 aromatic heterocycles. The van der Waals surface area contributed by atoms with E-state index in [1.807, 2.05) is 4.90 Å². The van der Waals surface area contributed by atoms with Crippen molar-refractivity contribution >= 4 is 5.91 Å². The lowest BCUT2D eigenvalue weighted by Gasteiger charge is -2.24. The molecule has 2 heteroatoms. The zero-order valence-corrected chi connectivity index (χ0v) is 6.92. The molecule has 10 heavy (non-hydrogen) atoms. The van der Waals surface area contributed by atoms with Crippen LogP contribution in [0.15, 0.2) is 0 Å². The number of carbonyl (C=O) groups is 1. The molecule has 1 fully saturated rings. The first-order valence-corrected chi connectivity index (χ1v) is 3.92. The average molecular weight is 141 g/mol. The molecule has 2 atom stereocenters. The molecule has 0 radical (unpaired) electrons. The third kappa shape index (κ3) is 1.15. The minimum absolute atomic E-state index is 0.220. The van der Waals surface area contributed by atoms with Crippen LogP contribution in [-0.4, -0.2) is 22.9 Å². The molecule has 0 spiro atoms. The molecular formula is C8H15NO. The Morgan fingerprint density at radius 1 is 1.30 bits per heavy atom. The molecule has 0 unspecified atom stereocenters. The van der Waals surface area contributed by atoms with Gasteiger partial charge >= 0.3 is 0 Å². The molecule has 0 aromatic carbocycles. The number of carbonyl (C=O) groups excluding carboxylic acids is 1. The molecule has 1 aliphatic rings. The van der Waals surface area contributed by atoms with Crippen molar-refractivity contribution in [3.8, 4) is 0 Å². The Labute approximate surface area is 62.2 Å². The SMILES string of the molecule is CC(=O)N1[C@@H](C)CC[C@@H]1C. The van der Waals surface area contributed by atoms with Gasteiger partial charge in [0.25, 0.3) is 0 Å². The number of hydrogen-bond donors (Lipinski definition) is 0. The second-order valence-electron chi connectivity index (χ2n) is 3.20. The highest BCUT2D eigenvalue weighted by atomic mass is 16.2. The van der Waals surface area contributed by atoms with E-state index in [0.29, 0.717) is 12.1 Å². The highest BCUT2D eigenvalue weighted by Crippen LogP contribution is 2.22. The number of rotatable bonds is 0. The smallest absolute Gasteiger partial charge is 0.219 e. The topological polar surface area (TPSA) is 20.3 Å². The van der Waals surface area contributed by atoms with Gasteiger partial charge in [0.05, 0.1) is 0 Å². The third-order valence-electron chi connectivity index (χ3n) is 2.32. The summed E-state index contributed by atoms with van der Waals surface area (Å²) in [7, 11) is 0. The summed E-state index contributed by atoms with van der Waals surface area (Å²) in [5.41, 5.74) is 0. The maximum absolute atomic E-state index is 11.0. The fourth-order valence-electron chi connectivity index (χ4n) is 1.82. The number of likely N-dealkylation sites (tertiary alicyclic amines) is 1. The van der Waals surface area contributed by atoms with Crippen LogP contribution in [-0.2, 0) is 4.79 Å². The summed E-state index contributed by atoms with van der Waals surface area (Å²) >= 11 is 0. The summed E-state index contributed by atoms with van der Waals surface area (Å²) in [5.74, 6) is 0.220. The predicted molar refractivity (Wildman–Crippen MR) is 40.7 cm³/mol. The summed E-state index contributed by atoms with van der Waals surface area (Å²) in [6.07, 6.45) is 2.33. The fraction of sp³-hybridized carbons (Fsp3) is 0.875. The van der Waals surface area contributed by atoms with E-state index in [1.54, 1.807) is 6.92 Å². The first-order valence-electron chi connectivity index (χ1n) is 3.92. The molecule has 0 aliphatic carbocycles. The van der Waals surface area contributed by atoms with Crippen LogP contribution in [0, 0.1) is 0 Å². The lowest BCUT2D eigenvalue weighted by molar-refractivity contribution is -0.131. The molecule has 2 nitrogen and oxygen atoms in total. The molecule has 1 rings (SSSR count). The van der Waals surface area contributed by atoms with Crippen LogP contribution in [0.5, 0.6) is 0 Å². The highest BCUT2D eigenvalue weighted by Gasteiger charge is 2.28. The minimum atomic E-state index is 0.220. The summed E-state index contributed by atoms with van der Waals surface area (Å²) < 4.78 is 0. The number of hydrogen-bond acceptors (Lipinski definition) is 1. The Kier molecular flexibility index (Phi) is 1.97. The van der Waals surface area contributed by atoms with E-state index in [1.165, 1.54) is 12.8 Å². The van der Waals surface area contributed by atoms with Crippen molar-refractivity contribution in [1.29, 1.82) is 0 Å². The molecule has 1 amide bonds. The number of amides is 1. The van der Waals surface area contributed by atoms with Gasteiger partial charge in [0, 0.05) is 19.0 Å². The Morgan fingerprint density at radius 2 is 1.70 bits per heavy atom. The van der Waals surface area contributed by atoms with Crippen molar-refractivity contribution in [2.24, 2.45) is 0 Å². The zero-order chi connectivity index (χ0) is 7.72. The maximum Gasteiger partial charge on any atom is 0.219 e. The van der Waals surface area contributed by atoms with Crippen LogP contribution in [0.2, 0.25) is 0 Å². The van der Waals surface area contributed by atoms with E-state index in [2.05, 4.69) is 13.8 Å². The van der Waals surface area contributed by atoms with Gasteiger partial charge in [0.1, 0.15) is 0 Å². The first kappa shape index (κ1) is 7.58. The van der Waals surface area contributed by atoms with Gasteiger partial charge in [-0.3, -0.25) is 4.79 Å². The second-order valence-corrected chi connectivity index (χ2v) is 3.20. The van der Waals surface area contributed by atoms with E-state index >= 15 is 0 Å². The molecule has 0 bridgehead atoms. The molecule has 1 saturated heterocycles. The minimum Gasteiger partial charge on any atom is -0.338 e. The quantitative estimate of drug-likeness (QED) is 0.499. The van der Waals surface area contributed by atoms with Gasteiger partial charge in [-0.2, -0.15) is 0 Å². The first-order chi connectivity index (χ1) is 4.63. The van der Waals surface area contributed by atoms with Crippen LogP contribution in [0.1, 0.15) is 33.6 Å². The second kappa shape index (κ2) is 2.60. The maximum atomic E-state index is 11.0. The van der Waals surface area contributed by atoms with E-state index in [-0.39, 0.29) is 5.91 Å². The summed E-state index contributed by atoms with van der Waals surface area (Å²) in [5, 5.41) is 0. The molecule has 0 aromatic rings. The standard InChI is InChI=1S/C8H15NO/c1-6-4-5-7(2)9(6)8(3)10/h6-7H,4-5H2,1-3H3/t6-,7-/m0/s1. The van der Waals surface area contributed by atoms with E-state index in [9.17, 15) is 4.79 Å². The van der Waals surface area contributed by atoms with Crippen molar-refractivity contribution in [3.05, 3.63) is 0 Å². The van der Waals surface area contributed by atoms with Gasteiger partial charge in [-0.15, -0.1) is 0 Å². The lowest BCUT2D eigenvalue weighted by atomic mass is 10.2. The van der Waals surface area contributed by atoms with Gasteiger partial charge < -0.3 is 4.90 Å². The van der Waals surface area contributed by atoms with Gasteiger partial charge in [0.2, 0.25) is 5.91 Å². The van der Waals surface area contributed by atoms with Crippen LogP contribution in [0.25, 0.3) is 0 Å². The highest BCUT2D eigenvalue weighted by molar-refractivity contribution is 5.74. The van der Waals surface area contributed by atoms with E-state index in [0.717, 1.165) is 0 Å². The van der Waals surface area contributed by atoms with Crippen molar-refractivity contribution in [3.63, 3.8) is 0 Å². The molecular weight excluding hydrogens is 126 g/mol. The monoisotopic (exact) mass is 141 g/mol. The molecule has 0 N–H and O–H groups in total. The summed E-state index contributed by atoms with van der Waals surface area (Å²) in [4.78, 5) is 13.0. The van der Waals surface area contributed by atoms with Gasteiger partial charge in [-0.25, -0.2) is 0 Å². The number of nitrogens with zero attached hydrogens (tertiary/aromatic N) is 1. The van der Waals surface area contributed by atoms with Gasteiger partial charge in [-0.1, -0.05) is 0 Å². The van der Waals surface area contributed by atoms with Crippen molar-refractivity contribution in [2.45, 2.75) is 45.7 Å². The van der Waals surface area contributed by atoms with Crippen molar-refractivity contribution in [1.82, 2.24) is 4.90 Å². The van der Waals surface area contributed by atoms with Crippen LogP contribution in [0.4, 0.5) is 0 Å². The normalized spacial score (nSPS) is 32.9. The Hall–Kier alpha value is -0.530. The molecule has 1 heterocycles. The van der Waals surface area contributed by atoms with Crippen LogP contribution >= 0.6 is 0 Å². The Bertz CT molecular complexity index is 134. The van der Waals surface area contributed by atoms with Gasteiger partial charge in [-0.05, 0) is 26.7 Å². The van der Waals surface area contributed by atoms with Crippen molar-refractivity contribution < 1.29 is 4.79 Å². The summed E-state index contributed by atoms with van der Waals surface area (Å²) in [6, 6.07) is 0.931. The van der Waals surface area contributed by atoms with E-state index < -0.39 is 0 Å². The van der Waals surface area contributed by atoms with Crippen LogP contribution in [0.3, 0.4) is 0 Å². The Balaban J connectivity index is 2.63. The zero-order valence-electron chi connectivity index (χ0n) is 6.92.